The van der Waals surface area contributed by atoms with Crippen LogP contribution in [0.2, 0.25) is 0 Å². The highest BCUT2D eigenvalue weighted by Crippen LogP contribution is 2.07. The monoisotopic (exact) mass is 195 g/mol. The fourth-order valence-corrected chi connectivity index (χ4v) is 0.919. The van der Waals surface area contributed by atoms with E-state index < -0.39 is 7.12 Å². The van der Waals surface area contributed by atoms with Crippen LogP contribution in [0.1, 0.15) is 13.8 Å². The summed E-state index contributed by atoms with van der Waals surface area (Å²) in [6.45, 7) is 4.67. The van der Waals surface area contributed by atoms with Crippen LogP contribution in [0.3, 0.4) is 0 Å². The second kappa shape index (κ2) is 4.98. The average molecular weight is 195 g/mol. The van der Waals surface area contributed by atoms with E-state index >= 15 is 0 Å². The highest BCUT2D eigenvalue weighted by atomic mass is 16.5. The van der Waals surface area contributed by atoms with Crippen LogP contribution >= 0.6 is 0 Å². The van der Waals surface area contributed by atoms with E-state index in [4.69, 9.17) is 14.8 Å². The van der Waals surface area contributed by atoms with E-state index in [0.717, 1.165) is 0 Å². The topological polar surface area (TPSA) is 62.6 Å². The van der Waals surface area contributed by atoms with Crippen LogP contribution in [0.15, 0.2) is 18.5 Å². The largest absolute Gasteiger partial charge is 0.492 e. The lowest BCUT2D eigenvalue weighted by molar-refractivity contribution is 0.270. The summed E-state index contributed by atoms with van der Waals surface area (Å²) in [6.07, 6.45) is 2.95. The molecule has 1 aromatic rings. The summed E-state index contributed by atoms with van der Waals surface area (Å²) < 4.78 is 5.37. The first kappa shape index (κ1) is 11.0. The Morgan fingerprint density at radius 1 is 1.43 bits per heavy atom. The van der Waals surface area contributed by atoms with Gasteiger partial charge in [0.15, 0.2) is 0 Å². The highest BCUT2D eigenvalue weighted by Gasteiger charge is 2.11. The Kier molecular flexibility index (Phi) is 3.91. The fourth-order valence-electron chi connectivity index (χ4n) is 0.919. The average Bonchev–Trinajstić information content (AvgIpc) is 2.15. The van der Waals surface area contributed by atoms with Gasteiger partial charge in [-0.05, 0) is 12.0 Å². The maximum Gasteiger partial charge on any atom is 0.490 e. The number of pyridine rings is 1. The zero-order valence-corrected chi connectivity index (χ0v) is 8.34. The molecule has 14 heavy (non-hydrogen) atoms. The lowest BCUT2D eigenvalue weighted by Crippen LogP contribution is -2.30. The molecular formula is C9H14BNO3. The smallest absolute Gasteiger partial charge is 0.490 e. The second-order valence-corrected chi connectivity index (χ2v) is 3.53. The van der Waals surface area contributed by atoms with Crippen molar-refractivity contribution < 1.29 is 14.8 Å². The molecule has 76 valence electrons. The molecule has 0 fully saturated rings. The van der Waals surface area contributed by atoms with Crippen molar-refractivity contribution in [1.29, 1.82) is 0 Å². The summed E-state index contributed by atoms with van der Waals surface area (Å²) in [7, 11) is -1.50. The van der Waals surface area contributed by atoms with Crippen molar-refractivity contribution in [2.75, 3.05) is 6.61 Å². The molecule has 0 atom stereocenters. The van der Waals surface area contributed by atoms with E-state index in [1.54, 1.807) is 12.3 Å². The highest BCUT2D eigenvalue weighted by molar-refractivity contribution is 6.58. The zero-order chi connectivity index (χ0) is 10.6. The van der Waals surface area contributed by atoms with Crippen molar-refractivity contribution in [3.05, 3.63) is 18.5 Å². The third kappa shape index (κ3) is 3.36. The molecule has 0 unspecified atom stereocenters. The first-order chi connectivity index (χ1) is 6.59. The molecular weight excluding hydrogens is 181 g/mol. The summed E-state index contributed by atoms with van der Waals surface area (Å²) >= 11 is 0. The second-order valence-electron chi connectivity index (χ2n) is 3.53. The normalized spacial score (nSPS) is 10.4. The lowest BCUT2D eigenvalue weighted by Gasteiger charge is -2.08. The van der Waals surface area contributed by atoms with Crippen LogP contribution in [0.4, 0.5) is 0 Å². The Labute approximate surface area is 83.7 Å². The number of hydrogen-bond acceptors (Lipinski definition) is 4. The zero-order valence-electron chi connectivity index (χ0n) is 8.34. The molecule has 0 aliphatic heterocycles. The maximum atomic E-state index is 8.89. The van der Waals surface area contributed by atoms with Crippen molar-refractivity contribution in [1.82, 2.24) is 4.98 Å². The Bertz CT molecular complexity index is 291. The Morgan fingerprint density at radius 2 is 2.14 bits per heavy atom. The van der Waals surface area contributed by atoms with Crippen LogP contribution < -0.4 is 10.2 Å². The molecule has 1 rings (SSSR count). The third-order valence-electron chi connectivity index (χ3n) is 1.62. The van der Waals surface area contributed by atoms with Gasteiger partial charge < -0.3 is 14.8 Å². The first-order valence-electron chi connectivity index (χ1n) is 4.53. The lowest BCUT2D eigenvalue weighted by atomic mass is 9.82. The molecule has 1 aromatic heterocycles. The van der Waals surface area contributed by atoms with E-state index in [1.807, 2.05) is 13.8 Å². The molecule has 1 heterocycles. The molecule has 4 nitrogen and oxygen atoms in total. The van der Waals surface area contributed by atoms with Gasteiger partial charge >= 0.3 is 7.12 Å². The minimum Gasteiger partial charge on any atom is -0.492 e. The molecule has 0 amide bonds. The molecule has 0 bridgehead atoms. The third-order valence-corrected chi connectivity index (χ3v) is 1.62. The van der Waals surface area contributed by atoms with Crippen molar-refractivity contribution in [3.8, 4) is 5.75 Å². The number of hydrogen-bond donors (Lipinski definition) is 2. The number of nitrogens with zero attached hydrogens (tertiary/aromatic N) is 1. The molecule has 0 saturated carbocycles. The molecule has 2 N–H and O–H groups in total. The molecule has 0 radical (unpaired) electrons. The van der Waals surface area contributed by atoms with Crippen molar-refractivity contribution in [2.45, 2.75) is 13.8 Å². The molecule has 0 spiro atoms. The molecule has 0 saturated heterocycles. The standard InChI is InChI=1S/C9H14BNO3/c1-7(2)6-14-9-3-8(10(12)13)4-11-5-9/h3-5,7,12-13H,6H2,1-2H3. The summed E-state index contributed by atoms with van der Waals surface area (Å²) in [5.41, 5.74) is 0.339. The minimum absolute atomic E-state index is 0.339. The number of ether oxygens (including phenoxy) is 1. The SMILES string of the molecule is CC(C)COc1cncc(B(O)O)c1. The van der Waals surface area contributed by atoms with Crippen LogP contribution in [0.25, 0.3) is 0 Å². The number of rotatable bonds is 4. The maximum absolute atomic E-state index is 8.89. The van der Waals surface area contributed by atoms with Gasteiger partial charge in [0, 0.05) is 11.7 Å². The van der Waals surface area contributed by atoms with Gasteiger partial charge in [-0.1, -0.05) is 13.8 Å². The summed E-state index contributed by atoms with van der Waals surface area (Å²) in [5.74, 6) is 0.988. The predicted octanol–water partition coefficient (Wildman–Crippen LogP) is -0.204. The Balaban J connectivity index is 2.64. The quantitative estimate of drug-likeness (QED) is 0.653. The van der Waals surface area contributed by atoms with E-state index in [9.17, 15) is 0 Å². The van der Waals surface area contributed by atoms with Gasteiger partial charge in [-0.25, -0.2) is 0 Å². The summed E-state index contributed by atoms with van der Waals surface area (Å²) in [4.78, 5) is 3.84. The van der Waals surface area contributed by atoms with Gasteiger partial charge in [-0.2, -0.15) is 0 Å². The van der Waals surface area contributed by atoms with E-state index in [0.29, 0.717) is 23.7 Å². The Hall–Kier alpha value is -1.07. The summed E-state index contributed by atoms with van der Waals surface area (Å²) in [5, 5.41) is 17.8. The molecule has 0 aliphatic rings. The van der Waals surface area contributed by atoms with Crippen molar-refractivity contribution >= 4 is 12.6 Å². The van der Waals surface area contributed by atoms with Crippen molar-refractivity contribution in [2.24, 2.45) is 5.92 Å². The van der Waals surface area contributed by atoms with E-state index in [1.165, 1.54) is 6.20 Å². The van der Waals surface area contributed by atoms with Gasteiger partial charge in [-0.15, -0.1) is 0 Å². The minimum atomic E-state index is -1.50. The first-order valence-corrected chi connectivity index (χ1v) is 4.53. The molecule has 5 heteroatoms. The fraction of sp³-hybridized carbons (Fsp3) is 0.444. The van der Waals surface area contributed by atoms with Gasteiger partial charge in [0.1, 0.15) is 5.75 Å². The number of aromatic nitrogens is 1. The van der Waals surface area contributed by atoms with Crippen molar-refractivity contribution in [3.63, 3.8) is 0 Å². The van der Waals surface area contributed by atoms with Crippen LogP contribution in [0, 0.1) is 5.92 Å². The molecule has 0 aromatic carbocycles. The van der Waals surface area contributed by atoms with Gasteiger partial charge in [0.05, 0.1) is 12.8 Å². The molecule has 0 aliphatic carbocycles. The summed E-state index contributed by atoms with van der Waals surface area (Å²) in [6, 6.07) is 1.57. The Morgan fingerprint density at radius 3 is 2.71 bits per heavy atom. The van der Waals surface area contributed by atoms with Crippen LogP contribution in [-0.4, -0.2) is 28.8 Å². The van der Waals surface area contributed by atoms with Crippen LogP contribution in [-0.2, 0) is 0 Å². The van der Waals surface area contributed by atoms with Gasteiger partial charge in [-0.3, -0.25) is 4.98 Å². The van der Waals surface area contributed by atoms with Gasteiger partial charge in [0.25, 0.3) is 0 Å². The van der Waals surface area contributed by atoms with Crippen LogP contribution in [0.5, 0.6) is 5.75 Å². The van der Waals surface area contributed by atoms with E-state index in [-0.39, 0.29) is 0 Å². The van der Waals surface area contributed by atoms with Gasteiger partial charge in [0.2, 0.25) is 0 Å². The van der Waals surface area contributed by atoms with E-state index in [2.05, 4.69) is 4.98 Å². The predicted molar refractivity (Wildman–Crippen MR) is 54.4 cm³/mol.